The van der Waals surface area contributed by atoms with Gasteiger partial charge in [0, 0.05) is 10.6 Å². The first kappa shape index (κ1) is 17.7. The monoisotopic (exact) mass is 355 g/mol. The number of carbonyl (C=O) groups is 2. The van der Waals surface area contributed by atoms with Gasteiger partial charge in [0.1, 0.15) is 0 Å². The van der Waals surface area contributed by atoms with Crippen molar-refractivity contribution in [2.24, 2.45) is 5.10 Å². The molecule has 0 spiro atoms. The molecule has 2 amide bonds. The Labute approximate surface area is 139 Å². The zero-order valence-corrected chi connectivity index (χ0v) is 13.2. The minimum Gasteiger partial charge on any atom is -0.318 e. The first-order valence-electron chi connectivity index (χ1n) is 6.64. The van der Waals surface area contributed by atoms with E-state index in [0.717, 1.165) is 29.1 Å². The van der Waals surface area contributed by atoms with Crippen molar-refractivity contribution >= 4 is 34.6 Å². The van der Waals surface area contributed by atoms with Crippen molar-refractivity contribution in [3.63, 3.8) is 0 Å². The molecule has 0 atom stereocenters. The number of amides is 2. The predicted molar refractivity (Wildman–Crippen MR) is 84.7 cm³/mol. The number of carbonyl (C=O) groups excluding carboxylic acids is 2. The van der Waals surface area contributed by atoms with Crippen LogP contribution >= 0.6 is 11.3 Å². The fraction of sp³-hybridized carbons (Fsp3) is 0.133. The molecule has 0 saturated heterocycles. The normalized spacial score (nSPS) is 11.9. The molecule has 0 aliphatic heterocycles. The standard InChI is InChI=1S/C15H12F3N3O2S/c1-9(12-3-2-8-24-12)20-21-14(23)13(22)19-11-6-4-10(5-7-11)15(16,17)18/h2-8H,1H3,(H,19,22)(H,21,23)/b20-9+. The Balaban J connectivity index is 1.94. The summed E-state index contributed by atoms with van der Waals surface area (Å²) in [6.07, 6.45) is -4.46. The molecule has 1 aromatic carbocycles. The van der Waals surface area contributed by atoms with Crippen molar-refractivity contribution in [1.29, 1.82) is 0 Å². The summed E-state index contributed by atoms with van der Waals surface area (Å²) in [5, 5.41) is 7.83. The molecule has 0 aliphatic carbocycles. The third kappa shape index (κ3) is 4.66. The van der Waals surface area contributed by atoms with E-state index >= 15 is 0 Å². The average molecular weight is 355 g/mol. The Bertz CT molecular complexity index is 753. The van der Waals surface area contributed by atoms with Crippen LogP contribution < -0.4 is 10.7 Å². The van der Waals surface area contributed by atoms with Crippen LogP contribution in [0.4, 0.5) is 18.9 Å². The Morgan fingerprint density at radius 2 is 1.75 bits per heavy atom. The summed E-state index contributed by atoms with van der Waals surface area (Å²) in [7, 11) is 0. The van der Waals surface area contributed by atoms with Crippen molar-refractivity contribution in [1.82, 2.24) is 5.43 Å². The number of hydrazone groups is 1. The lowest BCUT2D eigenvalue weighted by Gasteiger charge is -2.08. The van der Waals surface area contributed by atoms with E-state index in [1.807, 2.05) is 11.4 Å². The van der Waals surface area contributed by atoms with Crippen LogP contribution in [0.5, 0.6) is 0 Å². The molecule has 9 heteroatoms. The van der Waals surface area contributed by atoms with Crippen molar-refractivity contribution in [3.05, 3.63) is 52.2 Å². The SMILES string of the molecule is C/C(=N\NC(=O)C(=O)Nc1ccc(C(F)(F)F)cc1)c1cccs1. The van der Waals surface area contributed by atoms with E-state index in [9.17, 15) is 22.8 Å². The number of hydrogen-bond acceptors (Lipinski definition) is 4. The van der Waals surface area contributed by atoms with E-state index in [2.05, 4.69) is 15.8 Å². The molecule has 0 fully saturated rings. The van der Waals surface area contributed by atoms with Crippen LogP contribution in [0.15, 0.2) is 46.9 Å². The van der Waals surface area contributed by atoms with Crippen LogP contribution in [0.2, 0.25) is 0 Å². The molecule has 1 aromatic heterocycles. The van der Waals surface area contributed by atoms with E-state index in [1.54, 1.807) is 13.0 Å². The zero-order chi connectivity index (χ0) is 17.7. The molecule has 126 valence electrons. The lowest BCUT2D eigenvalue weighted by Crippen LogP contribution is -2.32. The number of anilines is 1. The van der Waals surface area contributed by atoms with E-state index in [4.69, 9.17) is 0 Å². The zero-order valence-electron chi connectivity index (χ0n) is 12.3. The Morgan fingerprint density at radius 1 is 1.08 bits per heavy atom. The van der Waals surface area contributed by atoms with Gasteiger partial charge in [-0.1, -0.05) is 6.07 Å². The van der Waals surface area contributed by atoms with Gasteiger partial charge in [-0.15, -0.1) is 11.3 Å². The van der Waals surface area contributed by atoms with Gasteiger partial charge in [0.25, 0.3) is 0 Å². The van der Waals surface area contributed by atoms with Gasteiger partial charge >= 0.3 is 18.0 Å². The summed E-state index contributed by atoms with van der Waals surface area (Å²) in [5.41, 5.74) is 1.84. The highest BCUT2D eigenvalue weighted by Crippen LogP contribution is 2.29. The van der Waals surface area contributed by atoms with Crippen molar-refractivity contribution < 1.29 is 22.8 Å². The van der Waals surface area contributed by atoms with Gasteiger partial charge in [-0.3, -0.25) is 9.59 Å². The maximum atomic E-state index is 12.4. The molecule has 0 saturated carbocycles. The maximum Gasteiger partial charge on any atom is 0.416 e. The lowest BCUT2D eigenvalue weighted by molar-refractivity contribution is -0.137. The number of nitrogens with one attached hydrogen (secondary N) is 2. The van der Waals surface area contributed by atoms with Gasteiger partial charge in [0.2, 0.25) is 0 Å². The highest BCUT2D eigenvalue weighted by molar-refractivity contribution is 7.12. The van der Waals surface area contributed by atoms with Gasteiger partial charge in [-0.25, -0.2) is 5.43 Å². The van der Waals surface area contributed by atoms with Crippen LogP contribution in [-0.2, 0) is 15.8 Å². The maximum absolute atomic E-state index is 12.4. The van der Waals surface area contributed by atoms with Crippen LogP contribution in [0.3, 0.4) is 0 Å². The molecule has 0 unspecified atom stereocenters. The van der Waals surface area contributed by atoms with Gasteiger partial charge in [-0.05, 0) is 42.6 Å². The molecular formula is C15H12F3N3O2S. The van der Waals surface area contributed by atoms with Crippen LogP contribution in [0.1, 0.15) is 17.4 Å². The van der Waals surface area contributed by atoms with Gasteiger partial charge in [-0.2, -0.15) is 18.3 Å². The summed E-state index contributed by atoms with van der Waals surface area (Å²) >= 11 is 1.42. The molecule has 2 rings (SSSR count). The minimum atomic E-state index is -4.46. The smallest absolute Gasteiger partial charge is 0.318 e. The molecular weight excluding hydrogens is 343 g/mol. The van der Waals surface area contributed by atoms with Gasteiger partial charge in [0.15, 0.2) is 0 Å². The number of thiophene rings is 1. The summed E-state index contributed by atoms with van der Waals surface area (Å²) in [5.74, 6) is -2.05. The van der Waals surface area contributed by atoms with Crippen molar-refractivity contribution in [2.75, 3.05) is 5.32 Å². The van der Waals surface area contributed by atoms with E-state index in [-0.39, 0.29) is 5.69 Å². The second-order valence-corrected chi connectivity index (χ2v) is 5.59. The van der Waals surface area contributed by atoms with Crippen molar-refractivity contribution in [3.8, 4) is 0 Å². The fourth-order valence-electron chi connectivity index (χ4n) is 1.66. The average Bonchev–Trinajstić information content (AvgIpc) is 3.06. The lowest BCUT2D eigenvalue weighted by atomic mass is 10.2. The summed E-state index contributed by atoms with van der Waals surface area (Å²) in [6, 6.07) is 7.37. The van der Waals surface area contributed by atoms with Crippen LogP contribution in [-0.4, -0.2) is 17.5 Å². The van der Waals surface area contributed by atoms with E-state index < -0.39 is 23.6 Å². The molecule has 5 nitrogen and oxygen atoms in total. The number of alkyl halides is 3. The number of halogens is 3. The molecule has 1 heterocycles. The quantitative estimate of drug-likeness (QED) is 0.504. The molecule has 2 aromatic rings. The first-order chi connectivity index (χ1) is 11.3. The summed E-state index contributed by atoms with van der Waals surface area (Å²) < 4.78 is 37.3. The highest BCUT2D eigenvalue weighted by atomic mass is 32.1. The number of benzene rings is 1. The molecule has 0 bridgehead atoms. The third-order valence-electron chi connectivity index (χ3n) is 2.88. The highest BCUT2D eigenvalue weighted by Gasteiger charge is 2.30. The minimum absolute atomic E-state index is 0.0714. The van der Waals surface area contributed by atoms with E-state index in [0.29, 0.717) is 5.71 Å². The summed E-state index contributed by atoms with van der Waals surface area (Å²) in [4.78, 5) is 24.2. The number of rotatable bonds is 3. The predicted octanol–water partition coefficient (Wildman–Crippen LogP) is 3.25. The Kier molecular flexibility index (Phi) is 5.35. The van der Waals surface area contributed by atoms with E-state index in [1.165, 1.54) is 11.3 Å². The number of nitrogens with zero attached hydrogens (tertiary/aromatic N) is 1. The summed E-state index contributed by atoms with van der Waals surface area (Å²) in [6.45, 7) is 1.67. The topological polar surface area (TPSA) is 70.6 Å². The third-order valence-corrected chi connectivity index (χ3v) is 3.86. The van der Waals surface area contributed by atoms with Gasteiger partial charge < -0.3 is 5.32 Å². The first-order valence-corrected chi connectivity index (χ1v) is 7.52. The molecule has 0 aliphatic rings. The largest absolute Gasteiger partial charge is 0.416 e. The second kappa shape index (κ2) is 7.26. The molecule has 2 N–H and O–H groups in total. The van der Waals surface area contributed by atoms with Crippen LogP contribution in [0.25, 0.3) is 0 Å². The second-order valence-electron chi connectivity index (χ2n) is 4.64. The Hall–Kier alpha value is -2.68. The fourth-order valence-corrected chi connectivity index (χ4v) is 2.33. The number of hydrogen-bond donors (Lipinski definition) is 2. The Morgan fingerprint density at radius 3 is 2.29 bits per heavy atom. The van der Waals surface area contributed by atoms with Crippen LogP contribution in [0, 0.1) is 0 Å². The molecule has 0 radical (unpaired) electrons. The van der Waals surface area contributed by atoms with Gasteiger partial charge in [0.05, 0.1) is 11.3 Å². The molecule has 24 heavy (non-hydrogen) atoms. The van der Waals surface area contributed by atoms with Crippen molar-refractivity contribution in [2.45, 2.75) is 13.1 Å².